The molecule has 0 spiro atoms. The number of phenolic OH excluding ortho intramolecular Hbond substituents is 2. The third kappa shape index (κ3) is 1.82. The van der Waals surface area contributed by atoms with Crippen LogP contribution < -0.4 is 0 Å². The Kier molecular flexibility index (Phi) is 2.67. The summed E-state index contributed by atoms with van der Waals surface area (Å²) in [6.07, 6.45) is 7.04. The van der Waals surface area contributed by atoms with Crippen LogP contribution in [-0.2, 0) is 6.42 Å². The first-order chi connectivity index (χ1) is 8.75. The lowest BCUT2D eigenvalue weighted by Crippen LogP contribution is -2.11. The zero-order chi connectivity index (χ0) is 12.5. The second-order valence-corrected chi connectivity index (χ2v) is 4.77. The summed E-state index contributed by atoms with van der Waals surface area (Å²) in [5, 5.41) is 19.0. The van der Waals surface area contributed by atoms with Crippen LogP contribution >= 0.6 is 0 Å². The van der Waals surface area contributed by atoms with Gasteiger partial charge in [-0.3, -0.25) is 4.98 Å². The van der Waals surface area contributed by atoms with E-state index >= 15 is 0 Å². The third-order valence-corrected chi connectivity index (χ3v) is 3.66. The molecule has 92 valence electrons. The summed E-state index contributed by atoms with van der Waals surface area (Å²) >= 11 is 0. The molecule has 3 rings (SSSR count). The molecule has 1 aromatic carbocycles. The highest BCUT2D eigenvalue weighted by Crippen LogP contribution is 2.38. The highest BCUT2D eigenvalue weighted by Gasteiger charge is 2.22. The molecule has 3 nitrogen and oxygen atoms in total. The Morgan fingerprint density at radius 1 is 1.11 bits per heavy atom. The van der Waals surface area contributed by atoms with Crippen molar-refractivity contribution in [2.75, 3.05) is 0 Å². The van der Waals surface area contributed by atoms with Gasteiger partial charge in [-0.1, -0.05) is 6.07 Å². The number of rotatable bonds is 1. The summed E-state index contributed by atoms with van der Waals surface area (Å²) in [4.78, 5) is 4.20. The van der Waals surface area contributed by atoms with Gasteiger partial charge in [-0.05, 0) is 54.2 Å². The first-order valence-corrected chi connectivity index (χ1v) is 6.20. The number of benzene rings is 1. The van der Waals surface area contributed by atoms with Crippen molar-refractivity contribution in [2.45, 2.75) is 25.2 Å². The molecule has 1 aliphatic carbocycles. The average Bonchev–Trinajstić information content (AvgIpc) is 2.41. The molecule has 1 aliphatic rings. The molecule has 0 aliphatic heterocycles. The number of phenols is 2. The first-order valence-electron chi connectivity index (χ1n) is 6.20. The average molecular weight is 241 g/mol. The number of pyridine rings is 1. The van der Waals surface area contributed by atoms with E-state index in [1.54, 1.807) is 12.1 Å². The van der Waals surface area contributed by atoms with Gasteiger partial charge in [0.25, 0.3) is 0 Å². The molecule has 2 aromatic rings. The minimum atomic E-state index is -0.0685. The summed E-state index contributed by atoms with van der Waals surface area (Å²) in [7, 11) is 0. The Morgan fingerprint density at radius 2 is 2.00 bits per heavy atom. The second-order valence-electron chi connectivity index (χ2n) is 4.77. The van der Waals surface area contributed by atoms with Crippen molar-refractivity contribution < 1.29 is 10.2 Å². The Labute approximate surface area is 106 Å². The van der Waals surface area contributed by atoms with Crippen LogP contribution in [-0.4, -0.2) is 15.2 Å². The van der Waals surface area contributed by atoms with Crippen LogP contribution in [0.4, 0.5) is 0 Å². The fourth-order valence-corrected chi connectivity index (χ4v) is 2.73. The number of hydrogen-bond donors (Lipinski definition) is 2. The normalized spacial score (nSPS) is 18.3. The van der Waals surface area contributed by atoms with Gasteiger partial charge in [0.2, 0.25) is 0 Å². The van der Waals surface area contributed by atoms with E-state index in [1.165, 1.54) is 11.1 Å². The van der Waals surface area contributed by atoms with E-state index in [9.17, 15) is 10.2 Å². The predicted octanol–water partition coefficient (Wildman–Crippen LogP) is 2.96. The molecular formula is C15H15NO2. The zero-order valence-corrected chi connectivity index (χ0v) is 10.0. The molecule has 1 atom stereocenters. The topological polar surface area (TPSA) is 53.4 Å². The molecule has 0 saturated carbocycles. The van der Waals surface area contributed by atoms with Gasteiger partial charge in [-0.2, -0.15) is 0 Å². The lowest BCUT2D eigenvalue weighted by Gasteiger charge is -2.25. The molecule has 0 fully saturated rings. The fraction of sp³-hybridized carbons (Fsp3) is 0.267. The minimum absolute atomic E-state index is 0.0523. The summed E-state index contributed by atoms with van der Waals surface area (Å²) in [5.41, 5.74) is 3.63. The van der Waals surface area contributed by atoms with Gasteiger partial charge < -0.3 is 10.2 Å². The molecule has 0 bridgehead atoms. The quantitative estimate of drug-likeness (QED) is 0.755. The zero-order valence-electron chi connectivity index (χ0n) is 10.0. The molecule has 1 unspecified atom stereocenters. The Hall–Kier alpha value is -2.03. The lowest BCUT2D eigenvalue weighted by molar-refractivity contribution is 0.402. The van der Waals surface area contributed by atoms with Gasteiger partial charge in [0.15, 0.2) is 11.5 Å². The maximum atomic E-state index is 9.61. The summed E-state index contributed by atoms with van der Waals surface area (Å²) in [5.74, 6) is 0.151. The minimum Gasteiger partial charge on any atom is -0.504 e. The van der Waals surface area contributed by atoms with Crippen LogP contribution in [0.2, 0.25) is 0 Å². The highest BCUT2D eigenvalue weighted by atomic mass is 16.3. The van der Waals surface area contributed by atoms with Gasteiger partial charge in [0.05, 0.1) is 0 Å². The fourth-order valence-electron chi connectivity index (χ4n) is 2.73. The Morgan fingerprint density at radius 3 is 2.83 bits per heavy atom. The van der Waals surface area contributed by atoms with Crippen LogP contribution in [0.3, 0.4) is 0 Å². The first kappa shape index (κ1) is 11.1. The summed E-state index contributed by atoms with van der Waals surface area (Å²) in [6, 6.07) is 7.15. The van der Waals surface area contributed by atoms with E-state index in [0.717, 1.165) is 24.8 Å². The van der Waals surface area contributed by atoms with Gasteiger partial charge in [-0.15, -0.1) is 0 Å². The highest BCUT2D eigenvalue weighted by molar-refractivity contribution is 5.45. The second kappa shape index (κ2) is 4.33. The summed E-state index contributed by atoms with van der Waals surface area (Å²) < 4.78 is 0. The van der Waals surface area contributed by atoms with E-state index in [4.69, 9.17) is 0 Å². The molecule has 18 heavy (non-hydrogen) atoms. The van der Waals surface area contributed by atoms with Crippen LogP contribution in [0.25, 0.3) is 0 Å². The monoisotopic (exact) mass is 241 g/mol. The van der Waals surface area contributed by atoms with Crippen molar-refractivity contribution in [2.24, 2.45) is 0 Å². The van der Waals surface area contributed by atoms with Crippen LogP contribution in [0.1, 0.15) is 35.4 Å². The van der Waals surface area contributed by atoms with Gasteiger partial charge in [0.1, 0.15) is 0 Å². The molecule has 0 amide bonds. The number of fused-ring (bicyclic) bond motifs is 1. The number of aryl methyl sites for hydroxylation is 1. The summed E-state index contributed by atoms with van der Waals surface area (Å²) in [6.45, 7) is 0. The maximum Gasteiger partial charge on any atom is 0.157 e. The standard InChI is InChI=1S/C15H15NO2/c17-14-5-4-11(8-15(14)18)12-3-1-2-10-6-7-16-9-13(10)12/h4-9,12,17-18H,1-3H2. The van der Waals surface area contributed by atoms with Gasteiger partial charge in [0, 0.05) is 18.3 Å². The number of aromatic nitrogens is 1. The van der Waals surface area contributed by atoms with Crippen molar-refractivity contribution >= 4 is 0 Å². The van der Waals surface area contributed by atoms with Crippen molar-refractivity contribution in [1.29, 1.82) is 0 Å². The van der Waals surface area contributed by atoms with Crippen LogP contribution in [0.5, 0.6) is 11.5 Å². The van der Waals surface area contributed by atoms with E-state index in [-0.39, 0.29) is 17.4 Å². The van der Waals surface area contributed by atoms with E-state index in [2.05, 4.69) is 11.1 Å². The van der Waals surface area contributed by atoms with E-state index in [0.29, 0.717) is 0 Å². The van der Waals surface area contributed by atoms with Crippen molar-refractivity contribution in [3.63, 3.8) is 0 Å². The third-order valence-electron chi connectivity index (χ3n) is 3.66. The van der Waals surface area contributed by atoms with Gasteiger partial charge in [-0.25, -0.2) is 0 Å². The van der Waals surface area contributed by atoms with Crippen molar-refractivity contribution in [3.8, 4) is 11.5 Å². The van der Waals surface area contributed by atoms with Crippen LogP contribution in [0.15, 0.2) is 36.7 Å². The van der Waals surface area contributed by atoms with Crippen molar-refractivity contribution in [1.82, 2.24) is 4.98 Å². The largest absolute Gasteiger partial charge is 0.504 e. The number of aromatic hydroxyl groups is 2. The molecule has 0 saturated heterocycles. The van der Waals surface area contributed by atoms with Crippen molar-refractivity contribution in [3.05, 3.63) is 53.3 Å². The van der Waals surface area contributed by atoms with Crippen LogP contribution in [0, 0.1) is 0 Å². The predicted molar refractivity (Wildman–Crippen MR) is 68.8 cm³/mol. The molecule has 2 N–H and O–H groups in total. The van der Waals surface area contributed by atoms with Gasteiger partial charge >= 0.3 is 0 Å². The smallest absolute Gasteiger partial charge is 0.157 e. The maximum absolute atomic E-state index is 9.61. The Bertz CT molecular complexity index is 580. The Balaban J connectivity index is 2.05. The molecule has 0 radical (unpaired) electrons. The van der Waals surface area contributed by atoms with E-state index in [1.807, 2.05) is 18.5 Å². The number of hydrogen-bond acceptors (Lipinski definition) is 3. The number of nitrogens with zero attached hydrogens (tertiary/aromatic N) is 1. The molecule has 1 aromatic heterocycles. The lowest BCUT2D eigenvalue weighted by atomic mass is 9.80. The molecular weight excluding hydrogens is 226 g/mol. The molecule has 3 heteroatoms. The van der Waals surface area contributed by atoms with E-state index < -0.39 is 0 Å². The SMILES string of the molecule is Oc1ccc(C2CCCc3ccncc32)cc1O. The molecule has 1 heterocycles.